The molecule has 0 unspecified atom stereocenters. The van der Waals surface area contributed by atoms with E-state index in [1.165, 1.54) is 22.0 Å². The number of hydrogen-bond acceptors (Lipinski definition) is 2. The molecular weight excluding hydrogens is 362 g/mol. The first-order valence-electron chi connectivity index (χ1n) is 9.61. The summed E-state index contributed by atoms with van der Waals surface area (Å²) in [6.07, 6.45) is 0. The largest absolute Gasteiger partial charge is 0.457 e. The van der Waals surface area contributed by atoms with Crippen molar-refractivity contribution >= 4 is 36.0 Å². The summed E-state index contributed by atoms with van der Waals surface area (Å²) in [5, 5.41) is 2.32. The number of benzene rings is 3. The second kappa shape index (κ2) is 6.95. The summed E-state index contributed by atoms with van der Waals surface area (Å²) in [5.41, 5.74) is 5.25. The number of carbonyl (C=O) groups excluding carboxylic acids is 1. The van der Waals surface area contributed by atoms with Gasteiger partial charge in [-0.3, -0.25) is 0 Å². The van der Waals surface area contributed by atoms with Crippen molar-refractivity contribution < 1.29 is 9.53 Å². The SMILES string of the molecule is Cc1ccc2c(c1)c1cc(C(=O)OCc3ccccc3)ccc1n2[Si](C)(C)C. The first-order chi connectivity index (χ1) is 13.3. The third-order valence-electron chi connectivity index (χ3n) is 5.04. The maximum atomic E-state index is 12.6. The van der Waals surface area contributed by atoms with Gasteiger partial charge >= 0.3 is 5.97 Å². The first kappa shape index (κ1) is 18.5. The number of rotatable bonds is 4. The van der Waals surface area contributed by atoms with Crippen molar-refractivity contribution in [3.63, 3.8) is 0 Å². The van der Waals surface area contributed by atoms with Crippen molar-refractivity contribution in [1.29, 1.82) is 0 Å². The molecule has 0 aliphatic heterocycles. The van der Waals surface area contributed by atoms with Crippen molar-refractivity contribution in [2.45, 2.75) is 33.2 Å². The molecule has 0 fully saturated rings. The van der Waals surface area contributed by atoms with E-state index in [0.717, 1.165) is 10.9 Å². The van der Waals surface area contributed by atoms with Crippen LogP contribution in [0.2, 0.25) is 19.6 Å². The van der Waals surface area contributed by atoms with Crippen LogP contribution in [0.3, 0.4) is 0 Å². The van der Waals surface area contributed by atoms with Gasteiger partial charge < -0.3 is 8.97 Å². The van der Waals surface area contributed by atoms with Crippen LogP contribution in [-0.2, 0) is 11.3 Å². The molecule has 0 saturated carbocycles. The summed E-state index contributed by atoms with van der Waals surface area (Å²) in [6.45, 7) is 9.41. The summed E-state index contributed by atoms with van der Waals surface area (Å²) < 4.78 is 8.02. The third kappa shape index (κ3) is 3.36. The monoisotopic (exact) mass is 387 g/mol. The van der Waals surface area contributed by atoms with E-state index >= 15 is 0 Å². The Kier molecular flexibility index (Phi) is 4.59. The van der Waals surface area contributed by atoms with Gasteiger partial charge in [0.2, 0.25) is 0 Å². The number of aryl methyl sites for hydroxylation is 1. The summed E-state index contributed by atoms with van der Waals surface area (Å²) in [5.74, 6) is -0.285. The highest BCUT2D eigenvalue weighted by atomic mass is 28.3. The maximum absolute atomic E-state index is 12.6. The molecular formula is C24H25NO2Si. The Hall–Kier alpha value is -2.85. The van der Waals surface area contributed by atoms with Crippen LogP contribution in [-0.4, -0.2) is 18.4 Å². The zero-order valence-corrected chi connectivity index (χ0v) is 17.8. The van der Waals surface area contributed by atoms with E-state index in [0.29, 0.717) is 5.56 Å². The maximum Gasteiger partial charge on any atom is 0.338 e. The lowest BCUT2D eigenvalue weighted by molar-refractivity contribution is 0.0473. The molecule has 4 aromatic rings. The average Bonchev–Trinajstić information content (AvgIpc) is 3.00. The number of fused-ring (bicyclic) bond motifs is 3. The van der Waals surface area contributed by atoms with Gasteiger partial charge in [0.15, 0.2) is 8.24 Å². The lowest BCUT2D eigenvalue weighted by Crippen LogP contribution is -2.31. The van der Waals surface area contributed by atoms with Crippen LogP contribution in [0.25, 0.3) is 21.8 Å². The smallest absolute Gasteiger partial charge is 0.338 e. The molecule has 0 amide bonds. The molecule has 0 bridgehead atoms. The molecule has 4 heteroatoms. The quantitative estimate of drug-likeness (QED) is 0.311. The van der Waals surface area contributed by atoms with E-state index in [1.807, 2.05) is 42.5 Å². The van der Waals surface area contributed by atoms with E-state index in [4.69, 9.17) is 4.74 Å². The Morgan fingerprint density at radius 2 is 1.54 bits per heavy atom. The van der Waals surface area contributed by atoms with E-state index in [9.17, 15) is 4.79 Å². The van der Waals surface area contributed by atoms with Gasteiger partial charge in [-0.1, -0.05) is 61.6 Å². The Morgan fingerprint density at radius 1 is 0.893 bits per heavy atom. The average molecular weight is 388 g/mol. The van der Waals surface area contributed by atoms with Gasteiger partial charge in [0.1, 0.15) is 6.61 Å². The predicted octanol–water partition coefficient (Wildman–Crippen LogP) is 6.14. The van der Waals surface area contributed by atoms with Crippen LogP contribution < -0.4 is 0 Å². The highest BCUT2D eigenvalue weighted by molar-refractivity contribution is 6.76. The van der Waals surface area contributed by atoms with Crippen LogP contribution in [0.15, 0.2) is 66.7 Å². The molecule has 0 radical (unpaired) electrons. The fourth-order valence-corrected chi connectivity index (χ4v) is 5.63. The van der Waals surface area contributed by atoms with Crippen molar-refractivity contribution in [3.8, 4) is 0 Å². The standard InChI is InChI=1S/C24H25NO2Si/c1-17-10-12-22-20(14-17)21-15-19(11-13-23(21)25(22)28(2,3)4)24(26)27-16-18-8-6-5-7-9-18/h5-15H,16H2,1-4H3. The molecule has 0 atom stereocenters. The zero-order valence-electron chi connectivity index (χ0n) is 16.8. The van der Waals surface area contributed by atoms with Crippen LogP contribution in [0.5, 0.6) is 0 Å². The molecule has 142 valence electrons. The molecule has 0 aliphatic rings. The molecule has 3 nitrogen and oxygen atoms in total. The fraction of sp³-hybridized carbons (Fsp3) is 0.208. The molecule has 4 rings (SSSR count). The Bertz CT molecular complexity index is 1170. The van der Waals surface area contributed by atoms with Crippen LogP contribution >= 0.6 is 0 Å². The van der Waals surface area contributed by atoms with Gasteiger partial charge in [0.05, 0.1) is 5.56 Å². The summed E-state index contributed by atoms with van der Waals surface area (Å²) in [4.78, 5) is 12.6. The van der Waals surface area contributed by atoms with Crippen LogP contribution in [0.1, 0.15) is 21.5 Å². The lowest BCUT2D eigenvalue weighted by Gasteiger charge is -2.21. The number of ether oxygens (including phenoxy) is 1. The summed E-state index contributed by atoms with van der Waals surface area (Å²) >= 11 is 0. The van der Waals surface area contributed by atoms with E-state index in [2.05, 4.69) is 55.1 Å². The minimum atomic E-state index is -1.63. The number of carbonyl (C=O) groups is 1. The minimum absolute atomic E-state index is 0.285. The summed E-state index contributed by atoms with van der Waals surface area (Å²) in [7, 11) is -1.63. The first-order valence-corrected chi connectivity index (χ1v) is 13.1. The topological polar surface area (TPSA) is 31.2 Å². The number of nitrogens with zero attached hydrogens (tertiary/aromatic N) is 1. The number of esters is 1. The van der Waals surface area contributed by atoms with Crippen molar-refractivity contribution in [1.82, 2.24) is 4.23 Å². The fourth-order valence-electron chi connectivity index (χ4n) is 3.79. The van der Waals surface area contributed by atoms with E-state index in [1.54, 1.807) is 0 Å². The molecule has 0 aliphatic carbocycles. The number of aromatic nitrogens is 1. The van der Waals surface area contributed by atoms with Crippen LogP contribution in [0, 0.1) is 6.92 Å². The Labute approximate surface area is 166 Å². The Balaban J connectivity index is 1.77. The lowest BCUT2D eigenvalue weighted by atomic mass is 10.1. The second-order valence-corrected chi connectivity index (χ2v) is 13.1. The van der Waals surface area contributed by atoms with Crippen molar-refractivity contribution in [2.24, 2.45) is 0 Å². The van der Waals surface area contributed by atoms with Crippen molar-refractivity contribution in [3.05, 3.63) is 83.4 Å². The number of hydrogen-bond donors (Lipinski definition) is 0. The molecule has 1 heterocycles. The minimum Gasteiger partial charge on any atom is -0.457 e. The normalized spacial score (nSPS) is 11.9. The van der Waals surface area contributed by atoms with Gasteiger partial charge in [-0.2, -0.15) is 0 Å². The van der Waals surface area contributed by atoms with E-state index < -0.39 is 8.24 Å². The van der Waals surface area contributed by atoms with Gasteiger partial charge in [-0.05, 0) is 42.8 Å². The van der Waals surface area contributed by atoms with E-state index in [-0.39, 0.29) is 12.6 Å². The molecule has 0 N–H and O–H groups in total. The second-order valence-electron chi connectivity index (χ2n) is 8.32. The van der Waals surface area contributed by atoms with Gasteiger partial charge in [0, 0.05) is 21.8 Å². The molecule has 3 aromatic carbocycles. The zero-order chi connectivity index (χ0) is 19.9. The van der Waals surface area contributed by atoms with Crippen LogP contribution in [0.4, 0.5) is 0 Å². The van der Waals surface area contributed by atoms with Gasteiger partial charge in [-0.25, -0.2) is 4.79 Å². The Morgan fingerprint density at radius 3 is 2.21 bits per heavy atom. The highest BCUT2D eigenvalue weighted by Crippen LogP contribution is 2.33. The molecule has 1 aromatic heterocycles. The van der Waals surface area contributed by atoms with Gasteiger partial charge in [-0.15, -0.1) is 0 Å². The molecule has 28 heavy (non-hydrogen) atoms. The third-order valence-corrected chi connectivity index (χ3v) is 6.86. The molecule has 0 spiro atoms. The molecule has 0 saturated heterocycles. The van der Waals surface area contributed by atoms with Crippen molar-refractivity contribution in [2.75, 3.05) is 0 Å². The highest BCUT2D eigenvalue weighted by Gasteiger charge is 2.23. The summed E-state index contributed by atoms with van der Waals surface area (Å²) in [6, 6.07) is 22.3. The van der Waals surface area contributed by atoms with Gasteiger partial charge in [0.25, 0.3) is 0 Å². The predicted molar refractivity (Wildman–Crippen MR) is 118 cm³/mol.